The second kappa shape index (κ2) is 6.16. The lowest BCUT2D eigenvalue weighted by Crippen LogP contribution is -2.41. The van der Waals surface area contributed by atoms with E-state index in [-0.39, 0.29) is 19.0 Å². The number of hydrogen-bond acceptors (Lipinski definition) is 3. The van der Waals surface area contributed by atoms with Gasteiger partial charge >= 0.3 is 0 Å². The molecule has 1 atom stereocenters. The van der Waals surface area contributed by atoms with Crippen molar-refractivity contribution in [2.75, 3.05) is 18.1 Å². The largest absolute Gasteiger partial charge is 0.396 e. The highest BCUT2D eigenvalue weighted by Gasteiger charge is 2.24. The molecule has 1 aliphatic rings. The van der Waals surface area contributed by atoms with Crippen LogP contribution in [0.3, 0.4) is 0 Å². The Bertz CT molecular complexity index is 395. The van der Waals surface area contributed by atoms with Gasteiger partial charge in [-0.2, -0.15) is 0 Å². The summed E-state index contributed by atoms with van der Waals surface area (Å²) < 4.78 is 13.8. The summed E-state index contributed by atoms with van der Waals surface area (Å²) in [5, 5.41) is 9.14. The molecule has 0 aliphatic carbocycles. The molecule has 1 aromatic rings. The van der Waals surface area contributed by atoms with Gasteiger partial charge in [-0.25, -0.2) is 4.39 Å². The van der Waals surface area contributed by atoms with Crippen LogP contribution in [0.5, 0.6) is 0 Å². The molecule has 1 saturated heterocycles. The van der Waals surface area contributed by atoms with Crippen LogP contribution in [0.4, 0.5) is 10.1 Å². The number of halogens is 1. The van der Waals surface area contributed by atoms with E-state index in [0.29, 0.717) is 11.6 Å². The van der Waals surface area contributed by atoms with Crippen LogP contribution in [0.15, 0.2) is 18.2 Å². The summed E-state index contributed by atoms with van der Waals surface area (Å²) in [6.45, 7) is 1.31. The first-order chi connectivity index (χ1) is 8.77. The first kappa shape index (κ1) is 13.3. The lowest BCUT2D eigenvalue weighted by Gasteiger charge is -2.38. The van der Waals surface area contributed by atoms with Crippen molar-refractivity contribution in [3.63, 3.8) is 0 Å². The van der Waals surface area contributed by atoms with E-state index in [1.807, 2.05) is 6.07 Å². The molecule has 1 heterocycles. The van der Waals surface area contributed by atoms with Crippen LogP contribution in [0.2, 0.25) is 0 Å². The molecule has 0 bridgehead atoms. The smallest absolute Gasteiger partial charge is 0.129 e. The molecule has 0 aromatic heterocycles. The van der Waals surface area contributed by atoms with Crippen LogP contribution in [-0.4, -0.2) is 24.3 Å². The van der Waals surface area contributed by atoms with E-state index < -0.39 is 0 Å². The van der Waals surface area contributed by atoms with Gasteiger partial charge in [-0.3, -0.25) is 0 Å². The zero-order chi connectivity index (χ0) is 13.0. The van der Waals surface area contributed by atoms with Crippen molar-refractivity contribution in [1.29, 1.82) is 0 Å². The first-order valence-corrected chi connectivity index (χ1v) is 6.63. The molecule has 18 heavy (non-hydrogen) atoms. The molecule has 3 nitrogen and oxygen atoms in total. The van der Waals surface area contributed by atoms with Gasteiger partial charge in [-0.05, 0) is 37.8 Å². The molecule has 0 spiro atoms. The lowest BCUT2D eigenvalue weighted by molar-refractivity contribution is 0.262. The average Bonchev–Trinajstić information content (AvgIpc) is 2.39. The van der Waals surface area contributed by atoms with Crippen molar-refractivity contribution >= 4 is 5.69 Å². The van der Waals surface area contributed by atoms with Crippen molar-refractivity contribution in [1.82, 2.24) is 0 Å². The fourth-order valence-corrected chi connectivity index (χ4v) is 2.79. The normalized spacial score (nSPS) is 20.2. The molecular formula is C14H21FN2O. The lowest BCUT2D eigenvalue weighted by atomic mass is 9.97. The zero-order valence-electron chi connectivity index (χ0n) is 10.6. The summed E-state index contributed by atoms with van der Waals surface area (Å²) in [4.78, 5) is 2.21. The maximum atomic E-state index is 13.8. The van der Waals surface area contributed by atoms with Crippen LogP contribution < -0.4 is 10.6 Å². The van der Waals surface area contributed by atoms with Crippen LogP contribution in [-0.2, 0) is 6.54 Å². The van der Waals surface area contributed by atoms with Crippen molar-refractivity contribution in [2.24, 2.45) is 5.73 Å². The van der Waals surface area contributed by atoms with Crippen LogP contribution in [0.25, 0.3) is 0 Å². The highest BCUT2D eigenvalue weighted by atomic mass is 19.1. The topological polar surface area (TPSA) is 49.5 Å². The van der Waals surface area contributed by atoms with E-state index in [2.05, 4.69) is 4.90 Å². The number of aliphatic hydroxyl groups excluding tert-OH is 1. The monoisotopic (exact) mass is 252 g/mol. The Morgan fingerprint density at radius 2 is 2.22 bits per heavy atom. The van der Waals surface area contributed by atoms with Gasteiger partial charge < -0.3 is 15.7 Å². The summed E-state index contributed by atoms with van der Waals surface area (Å²) >= 11 is 0. The van der Waals surface area contributed by atoms with Gasteiger partial charge in [0.05, 0.1) is 0 Å². The maximum Gasteiger partial charge on any atom is 0.129 e. The molecule has 100 valence electrons. The van der Waals surface area contributed by atoms with Gasteiger partial charge in [0.1, 0.15) is 5.82 Å². The third kappa shape index (κ3) is 2.65. The number of nitrogens with zero attached hydrogens (tertiary/aromatic N) is 1. The molecule has 1 fully saturated rings. The quantitative estimate of drug-likeness (QED) is 0.862. The second-order valence-corrected chi connectivity index (χ2v) is 4.80. The number of benzene rings is 1. The van der Waals surface area contributed by atoms with E-state index in [0.717, 1.165) is 31.5 Å². The van der Waals surface area contributed by atoms with Gasteiger partial charge in [0.2, 0.25) is 0 Å². The van der Waals surface area contributed by atoms with E-state index in [1.54, 1.807) is 6.07 Å². The molecule has 1 unspecified atom stereocenters. The Balaban J connectivity index is 2.30. The Kier molecular flexibility index (Phi) is 4.55. The van der Waals surface area contributed by atoms with E-state index >= 15 is 0 Å². The predicted octanol–water partition coefficient (Wildman–Crippen LogP) is 2.03. The predicted molar refractivity (Wildman–Crippen MR) is 71.0 cm³/mol. The third-order valence-corrected chi connectivity index (χ3v) is 3.70. The Morgan fingerprint density at radius 1 is 1.39 bits per heavy atom. The number of rotatable bonds is 4. The van der Waals surface area contributed by atoms with Gasteiger partial charge in [-0.1, -0.05) is 6.07 Å². The summed E-state index contributed by atoms with van der Waals surface area (Å²) in [5.74, 6) is -0.233. The van der Waals surface area contributed by atoms with Gasteiger partial charge in [-0.15, -0.1) is 0 Å². The highest BCUT2D eigenvalue weighted by Crippen LogP contribution is 2.30. The van der Waals surface area contributed by atoms with E-state index in [9.17, 15) is 4.39 Å². The maximum absolute atomic E-state index is 13.8. The minimum Gasteiger partial charge on any atom is -0.396 e. The molecule has 1 aromatic carbocycles. The van der Waals surface area contributed by atoms with E-state index in [1.165, 1.54) is 12.5 Å². The zero-order valence-corrected chi connectivity index (χ0v) is 10.6. The highest BCUT2D eigenvalue weighted by molar-refractivity contribution is 5.55. The number of nitrogens with two attached hydrogens (primary N) is 1. The SMILES string of the molecule is NCc1c(F)cccc1N1CCCCC1CCO. The molecular weight excluding hydrogens is 231 g/mol. The summed E-state index contributed by atoms with van der Waals surface area (Å²) in [6.07, 6.45) is 4.08. The molecule has 1 aliphatic heterocycles. The summed E-state index contributed by atoms with van der Waals surface area (Å²) in [6, 6.07) is 5.42. The van der Waals surface area contributed by atoms with Crippen LogP contribution in [0, 0.1) is 5.82 Å². The number of anilines is 1. The van der Waals surface area contributed by atoms with Crippen molar-refractivity contribution in [3.05, 3.63) is 29.6 Å². The fraction of sp³-hybridized carbons (Fsp3) is 0.571. The summed E-state index contributed by atoms with van der Waals surface area (Å²) in [7, 11) is 0. The Hall–Kier alpha value is -1.13. The number of piperidine rings is 1. The molecule has 0 saturated carbocycles. The minimum atomic E-state index is -0.233. The molecule has 3 N–H and O–H groups in total. The first-order valence-electron chi connectivity index (χ1n) is 6.63. The standard InChI is InChI=1S/C14H21FN2O/c15-13-5-3-6-14(12(13)10-16)17-8-2-1-4-11(17)7-9-18/h3,5-6,11,18H,1-2,4,7-10,16H2. The van der Waals surface area contributed by atoms with Crippen molar-refractivity contribution in [3.8, 4) is 0 Å². The van der Waals surface area contributed by atoms with Gasteiger partial charge in [0, 0.05) is 37.0 Å². The van der Waals surface area contributed by atoms with Gasteiger partial charge in [0.25, 0.3) is 0 Å². The van der Waals surface area contributed by atoms with Crippen molar-refractivity contribution in [2.45, 2.75) is 38.3 Å². The van der Waals surface area contributed by atoms with Gasteiger partial charge in [0.15, 0.2) is 0 Å². The molecule has 0 radical (unpaired) electrons. The Morgan fingerprint density at radius 3 is 2.94 bits per heavy atom. The second-order valence-electron chi connectivity index (χ2n) is 4.80. The summed E-state index contributed by atoms with van der Waals surface area (Å²) in [5.41, 5.74) is 7.15. The molecule has 4 heteroatoms. The van der Waals surface area contributed by atoms with Crippen LogP contribution >= 0.6 is 0 Å². The minimum absolute atomic E-state index is 0.175. The third-order valence-electron chi connectivity index (χ3n) is 3.70. The van der Waals surface area contributed by atoms with Crippen LogP contribution in [0.1, 0.15) is 31.2 Å². The number of hydrogen-bond donors (Lipinski definition) is 2. The average molecular weight is 252 g/mol. The number of aliphatic hydroxyl groups is 1. The fourth-order valence-electron chi connectivity index (χ4n) is 2.79. The Labute approximate surface area is 107 Å². The van der Waals surface area contributed by atoms with E-state index in [4.69, 9.17) is 10.8 Å². The molecule has 0 amide bonds. The van der Waals surface area contributed by atoms with Crippen molar-refractivity contribution < 1.29 is 9.50 Å². The molecule has 2 rings (SSSR count).